The number of primary amides is 1. The molecular weight excluding hydrogens is 411 g/mol. The summed E-state index contributed by atoms with van der Waals surface area (Å²) in [5, 5.41) is 5.30. The molecule has 174 valence electrons. The molecule has 2 heterocycles. The number of hydrogen-bond acceptors (Lipinski definition) is 4. The fraction of sp³-hybridized carbons (Fsp3) is 0.458. The van der Waals surface area contributed by atoms with Crippen LogP contribution in [0.15, 0.2) is 41.5 Å². The predicted molar refractivity (Wildman–Crippen MR) is 124 cm³/mol. The van der Waals surface area contributed by atoms with E-state index in [4.69, 9.17) is 10.5 Å². The second-order valence-electron chi connectivity index (χ2n) is 7.33. The Kier molecular flexibility index (Phi) is 9.59. The Morgan fingerprint density at radius 1 is 1.28 bits per heavy atom. The summed E-state index contributed by atoms with van der Waals surface area (Å²) >= 11 is 0. The average Bonchev–Trinajstić information content (AvgIpc) is 3.11. The summed E-state index contributed by atoms with van der Waals surface area (Å²) in [4.78, 5) is 22.2. The Balaban J connectivity index is 0.000000211. The molecule has 1 amide bonds. The second-order valence-corrected chi connectivity index (χ2v) is 7.33. The molecule has 8 heteroatoms. The first-order chi connectivity index (χ1) is 15.4. The zero-order valence-corrected chi connectivity index (χ0v) is 19.3. The Labute approximate surface area is 188 Å². The summed E-state index contributed by atoms with van der Waals surface area (Å²) in [5.41, 5.74) is 7.30. The van der Waals surface area contributed by atoms with Crippen LogP contribution in [0.3, 0.4) is 0 Å². The molecule has 4 rings (SSSR count). The quantitative estimate of drug-likeness (QED) is 0.582. The minimum absolute atomic E-state index is 0.145. The highest BCUT2D eigenvalue weighted by Crippen LogP contribution is 2.39. The fourth-order valence-electron chi connectivity index (χ4n) is 3.46. The molecule has 0 bridgehead atoms. The SMILES string of the molecule is CC.CCOCCn1cc(C(N)=O)ccc1=O.Cn1ncc2c(C3CCC3)cc(F)cc21. The Bertz CT molecular complexity index is 1090. The molecule has 2 N–H and O–H groups in total. The molecule has 0 saturated heterocycles. The lowest BCUT2D eigenvalue weighted by atomic mass is 9.79. The van der Waals surface area contributed by atoms with Crippen molar-refractivity contribution < 1.29 is 13.9 Å². The first-order valence-electron chi connectivity index (χ1n) is 11.1. The second kappa shape index (κ2) is 12.1. The number of halogens is 1. The van der Waals surface area contributed by atoms with Gasteiger partial charge < -0.3 is 15.0 Å². The van der Waals surface area contributed by atoms with E-state index < -0.39 is 5.91 Å². The largest absolute Gasteiger partial charge is 0.380 e. The van der Waals surface area contributed by atoms with Gasteiger partial charge in [0.2, 0.25) is 5.91 Å². The molecule has 0 radical (unpaired) electrons. The fourth-order valence-corrected chi connectivity index (χ4v) is 3.46. The van der Waals surface area contributed by atoms with Gasteiger partial charge in [0, 0.05) is 37.8 Å². The first kappa shape index (κ1) is 25.3. The number of benzene rings is 1. The maximum Gasteiger partial charge on any atom is 0.250 e. The van der Waals surface area contributed by atoms with Gasteiger partial charge in [0.05, 0.1) is 23.9 Å². The summed E-state index contributed by atoms with van der Waals surface area (Å²) in [6.07, 6.45) is 6.94. The van der Waals surface area contributed by atoms with E-state index in [1.54, 1.807) is 16.8 Å². The number of rotatable bonds is 6. The van der Waals surface area contributed by atoms with E-state index in [1.807, 2.05) is 34.0 Å². The van der Waals surface area contributed by atoms with E-state index in [0.717, 1.165) is 16.5 Å². The van der Waals surface area contributed by atoms with Gasteiger partial charge in [-0.25, -0.2) is 4.39 Å². The van der Waals surface area contributed by atoms with Crippen LogP contribution in [0.5, 0.6) is 0 Å². The number of ether oxygens (including phenoxy) is 1. The molecule has 7 nitrogen and oxygen atoms in total. The zero-order valence-electron chi connectivity index (χ0n) is 19.3. The maximum atomic E-state index is 13.4. The molecule has 0 unspecified atom stereocenters. The molecule has 1 aliphatic carbocycles. The van der Waals surface area contributed by atoms with Crippen LogP contribution in [-0.4, -0.2) is 33.5 Å². The van der Waals surface area contributed by atoms with Crippen molar-refractivity contribution in [3.8, 4) is 0 Å². The van der Waals surface area contributed by atoms with E-state index >= 15 is 0 Å². The highest BCUT2D eigenvalue weighted by molar-refractivity contribution is 5.92. The average molecular weight is 445 g/mol. The van der Waals surface area contributed by atoms with E-state index in [1.165, 1.54) is 42.2 Å². The van der Waals surface area contributed by atoms with Crippen molar-refractivity contribution in [2.75, 3.05) is 13.2 Å². The van der Waals surface area contributed by atoms with Crippen LogP contribution >= 0.6 is 0 Å². The van der Waals surface area contributed by atoms with Crippen molar-refractivity contribution in [3.63, 3.8) is 0 Å². The number of nitrogens with two attached hydrogens (primary N) is 1. The number of carbonyl (C=O) groups excluding carboxylic acids is 1. The highest BCUT2D eigenvalue weighted by Gasteiger charge is 2.23. The number of aryl methyl sites for hydroxylation is 1. The molecule has 2 aromatic heterocycles. The zero-order chi connectivity index (χ0) is 23.7. The van der Waals surface area contributed by atoms with Gasteiger partial charge in [-0.3, -0.25) is 14.3 Å². The van der Waals surface area contributed by atoms with Gasteiger partial charge in [0.1, 0.15) is 5.82 Å². The number of amides is 1. The number of hydrogen-bond donors (Lipinski definition) is 1. The first-order valence-corrected chi connectivity index (χ1v) is 11.1. The van der Waals surface area contributed by atoms with E-state index in [9.17, 15) is 14.0 Å². The van der Waals surface area contributed by atoms with Crippen molar-refractivity contribution in [1.29, 1.82) is 0 Å². The van der Waals surface area contributed by atoms with Crippen LogP contribution in [0.2, 0.25) is 0 Å². The van der Waals surface area contributed by atoms with E-state index in [0.29, 0.717) is 31.2 Å². The van der Waals surface area contributed by atoms with Crippen molar-refractivity contribution in [3.05, 3.63) is 64.0 Å². The third-order valence-corrected chi connectivity index (χ3v) is 5.36. The van der Waals surface area contributed by atoms with Crippen molar-refractivity contribution in [2.45, 2.75) is 52.5 Å². The van der Waals surface area contributed by atoms with E-state index in [2.05, 4.69) is 5.10 Å². The summed E-state index contributed by atoms with van der Waals surface area (Å²) in [7, 11) is 1.85. The molecule has 0 aliphatic heterocycles. The van der Waals surface area contributed by atoms with Crippen LogP contribution in [0.25, 0.3) is 10.9 Å². The molecule has 1 aliphatic rings. The lowest BCUT2D eigenvalue weighted by molar-refractivity contribution is 0.0998. The summed E-state index contributed by atoms with van der Waals surface area (Å²) in [5.74, 6) is -0.138. The van der Waals surface area contributed by atoms with Crippen molar-refractivity contribution >= 4 is 16.8 Å². The molecule has 1 fully saturated rings. The Morgan fingerprint density at radius 2 is 2.00 bits per heavy atom. The van der Waals surface area contributed by atoms with Gasteiger partial charge in [0.25, 0.3) is 5.56 Å². The number of fused-ring (bicyclic) bond motifs is 1. The normalized spacial score (nSPS) is 12.9. The van der Waals surface area contributed by atoms with Crippen molar-refractivity contribution in [2.24, 2.45) is 12.8 Å². The topological polar surface area (TPSA) is 92.1 Å². The molecule has 0 atom stereocenters. The third kappa shape index (κ3) is 6.26. The number of pyridine rings is 1. The third-order valence-electron chi connectivity index (χ3n) is 5.36. The molecule has 32 heavy (non-hydrogen) atoms. The predicted octanol–water partition coefficient (Wildman–Crippen LogP) is 3.99. The van der Waals surface area contributed by atoms with Crippen molar-refractivity contribution in [1.82, 2.24) is 14.3 Å². The minimum atomic E-state index is -0.542. The summed E-state index contributed by atoms with van der Waals surface area (Å²) < 4.78 is 21.7. The number of carbonyl (C=O) groups is 1. The lowest BCUT2D eigenvalue weighted by Crippen LogP contribution is -2.24. The van der Waals surface area contributed by atoms with Gasteiger partial charge in [-0.05, 0) is 49.4 Å². The van der Waals surface area contributed by atoms with Crippen LogP contribution in [0.1, 0.15) is 61.9 Å². The van der Waals surface area contributed by atoms with Gasteiger partial charge in [-0.1, -0.05) is 20.3 Å². The molecule has 3 aromatic rings. The summed E-state index contributed by atoms with van der Waals surface area (Å²) in [6, 6.07) is 5.98. The van der Waals surface area contributed by atoms with Crippen LogP contribution < -0.4 is 11.3 Å². The molecule has 1 saturated carbocycles. The minimum Gasteiger partial charge on any atom is -0.380 e. The molecular formula is C24H33FN4O3. The van der Waals surface area contributed by atoms with Crippen LogP contribution in [0.4, 0.5) is 4.39 Å². The monoisotopic (exact) mass is 444 g/mol. The van der Waals surface area contributed by atoms with Crippen LogP contribution in [0, 0.1) is 5.82 Å². The maximum absolute atomic E-state index is 13.4. The smallest absolute Gasteiger partial charge is 0.250 e. The van der Waals surface area contributed by atoms with Gasteiger partial charge in [-0.15, -0.1) is 0 Å². The molecule has 0 spiro atoms. The number of aromatic nitrogens is 3. The number of nitrogens with zero attached hydrogens (tertiary/aromatic N) is 3. The van der Waals surface area contributed by atoms with E-state index in [-0.39, 0.29) is 11.4 Å². The van der Waals surface area contributed by atoms with Crippen LogP contribution in [-0.2, 0) is 18.3 Å². The standard InChI is InChI=1S/C12H13FN2.C10H14N2O3.C2H6/c1-15-12-6-9(13)5-10(8-3-2-4-8)11(12)7-14-15;1-2-15-6-5-12-7-8(10(11)14)3-4-9(12)13;1-2/h5-8H,2-4H2,1H3;3-4,7H,2,5-6H2,1H3,(H2,11,14);1-2H3. The molecule has 1 aromatic carbocycles. The summed E-state index contributed by atoms with van der Waals surface area (Å²) in [6.45, 7) is 7.35. The highest BCUT2D eigenvalue weighted by atomic mass is 19.1. The lowest BCUT2D eigenvalue weighted by Gasteiger charge is -2.26. The van der Waals surface area contributed by atoms with Gasteiger partial charge in [-0.2, -0.15) is 5.10 Å². The van der Waals surface area contributed by atoms with Gasteiger partial charge in [0.15, 0.2) is 0 Å². The Hall–Kier alpha value is -3.00. The Morgan fingerprint density at radius 3 is 2.59 bits per heavy atom. The van der Waals surface area contributed by atoms with Gasteiger partial charge >= 0.3 is 0 Å².